The molecule has 0 unspecified atom stereocenters. The molecule has 0 atom stereocenters. The highest BCUT2D eigenvalue weighted by Crippen LogP contribution is 2.11. The van der Waals surface area contributed by atoms with Gasteiger partial charge in [0.25, 0.3) is 0 Å². The Labute approximate surface area is 118 Å². The Morgan fingerprint density at radius 1 is 1.20 bits per heavy atom. The number of hydrogen-bond donors (Lipinski definition) is 1. The van der Waals surface area contributed by atoms with E-state index < -0.39 is 12.1 Å². The van der Waals surface area contributed by atoms with Gasteiger partial charge in [-0.2, -0.15) is 0 Å². The van der Waals surface area contributed by atoms with E-state index in [2.05, 4.69) is 23.6 Å². The van der Waals surface area contributed by atoms with E-state index in [0.29, 0.717) is 5.69 Å². The zero-order valence-corrected chi connectivity index (χ0v) is 11.6. The zero-order chi connectivity index (χ0) is 14.8. The smallest absolute Gasteiger partial charge is 0.411 e. The normalized spacial score (nSPS) is 9.65. The number of ether oxygens (including phenoxy) is 2. The molecule has 1 rings (SSSR count). The Balaban J connectivity index is 2.27. The third kappa shape index (κ3) is 6.04. The van der Waals surface area contributed by atoms with E-state index in [1.807, 2.05) is 24.3 Å². The Morgan fingerprint density at radius 3 is 2.45 bits per heavy atom. The first-order chi connectivity index (χ1) is 9.65. The summed E-state index contributed by atoms with van der Waals surface area (Å²) in [6, 6.07) is 7.57. The molecule has 0 heterocycles. The number of rotatable bonds is 7. The molecule has 0 aliphatic carbocycles. The first-order valence-corrected chi connectivity index (χ1v) is 6.47. The van der Waals surface area contributed by atoms with Crippen LogP contribution in [0, 0.1) is 0 Å². The molecule has 1 N–H and O–H groups in total. The van der Waals surface area contributed by atoms with Gasteiger partial charge in [-0.3, -0.25) is 5.32 Å². The van der Waals surface area contributed by atoms with Crippen LogP contribution in [0.15, 0.2) is 36.9 Å². The maximum absolute atomic E-state index is 11.4. The number of carbonyl (C=O) groups is 2. The summed E-state index contributed by atoms with van der Waals surface area (Å²) in [6.45, 7) is 5.38. The molecule has 5 nitrogen and oxygen atoms in total. The minimum atomic E-state index is -0.581. The number of nitrogens with one attached hydrogen (secondary N) is 1. The van der Waals surface area contributed by atoms with Crippen molar-refractivity contribution in [3.63, 3.8) is 0 Å². The maximum atomic E-state index is 11.4. The third-order valence-corrected chi connectivity index (χ3v) is 2.47. The van der Waals surface area contributed by atoms with Crippen molar-refractivity contribution in [1.82, 2.24) is 0 Å². The van der Waals surface area contributed by atoms with E-state index in [0.717, 1.165) is 18.9 Å². The van der Waals surface area contributed by atoms with E-state index in [1.165, 1.54) is 5.56 Å². The van der Waals surface area contributed by atoms with Gasteiger partial charge in [0.2, 0.25) is 0 Å². The minimum Gasteiger partial charge on any atom is -0.459 e. The first kappa shape index (κ1) is 15.8. The van der Waals surface area contributed by atoms with Crippen molar-refractivity contribution in [3.05, 3.63) is 42.5 Å². The second kappa shape index (κ2) is 8.74. The van der Waals surface area contributed by atoms with Crippen LogP contribution >= 0.6 is 0 Å². The zero-order valence-electron chi connectivity index (χ0n) is 11.6. The monoisotopic (exact) mass is 277 g/mol. The molecule has 0 saturated carbocycles. The topological polar surface area (TPSA) is 64.6 Å². The van der Waals surface area contributed by atoms with Crippen LogP contribution in [0.1, 0.15) is 18.9 Å². The fourth-order valence-electron chi connectivity index (χ4n) is 1.53. The Kier molecular flexibility index (Phi) is 6.89. The van der Waals surface area contributed by atoms with Crippen LogP contribution in [-0.4, -0.2) is 25.3 Å². The van der Waals surface area contributed by atoms with E-state index in [-0.39, 0.29) is 13.2 Å². The Bertz CT molecular complexity index is 453. The molecule has 5 heteroatoms. The third-order valence-electron chi connectivity index (χ3n) is 2.47. The van der Waals surface area contributed by atoms with E-state index in [4.69, 9.17) is 4.74 Å². The van der Waals surface area contributed by atoms with Gasteiger partial charge in [-0.25, -0.2) is 9.59 Å². The SMILES string of the molecule is C=CC(=O)OCCOC(=O)Nc1ccc(CCC)cc1. The van der Waals surface area contributed by atoms with Gasteiger partial charge in [0, 0.05) is 11.8 Å². The highest BCUT2D eigenvalue weighted by atomic mass is 16.6. The highest BCUT2D eigenvalue weighted by Gasteiger charge is 2.03. The molecule has 0 bridgehead atoms. The lowest BCUT2D eigenvalue weighted by atomic mass is 10.1. The summed E-state index contributed by atoms with van der Waals surface area (Å²) in [5.74, 6) is -0.541. The Hall–Kier alpha value is -2.30. The lowest BCUT2D eigenvalue weighted by Crippen LogP contribution is -2.17. The van der Waals surface area contributed by atoms with Crippen LogP contribution in [0.25, 0.3) is 0 Å². The second-order valence-electron chi connectivity index (χ2n) is 4.08. The van der Waals surface area contributed by atoms with Crippen LogP contribution in [0.5, 0.6) is 0 Å². The van der Waals surface area contributed by atoms with Crippen LogP contribution < -0.4 is 5.32 Å². The van der Waals surface area contributed by atoms with Gasteiger partial charge in [0.15, 0.2) is 0 Å². The van der Waals surface area contributed by atoms with Crippen molar-refractivity contribution < 1.29 is 19.1 Å². The summed E-state index contributed by atoms with van der Waals surface area (Å²) in [5, 5.41) is 2.59. The van der Waals surface area contributed by atoms with Gasteiger partial charge in [-0.05, 0) is 24.1 Å². The standard InChI is InChI=1S/C15H19NO4/c1-3-5-12-6-8-13(9-7-12)16-15(18)20-11-10-19-14(17)4-2/h4,6-9H,2-3,5,10-11H2,1H3,(H,16,18). The Morgan fingerprint density at radius 2 is 1.85 bits per heavy atom. The number of esters is 1. The highest BCUT2D eigenvalue weighted by molar-refractivity contribution is 5.84. The summed E-state index contributed by atoms with van der Waals surface area (Å²) in [5.41, 5.74) is 1.89. The largest absolute Gasteiger partial charge is 0.459 e. The number of aryl methyl sites for hydroxylation is 1. The molecule has 0 aliphatic heterocycles. The lowest BCUT2D eigenvalue weighted by molar-refractivity contribution is -0.138. The van der Waals surface area contributed by atoms with E-state index in [9.17, 15) is 9.59 Å². The van der Waals surface area contributed by atoms with Gasteiger partial charge >= 0.3 is 12.1 Å². The minimum absolute atomic E-state index is 0.000663. The predicted molar refractivity (Wildman–Crippen MR) is 76.6 cm³/mol. The van der Waals surface area contributed by atoms with Crippen LogP contribution in [-0.2, 0) is 20.7 Å². The summed E-state index contributed by atoms with van der Waals surface area (Å²) in [7, 11) is 0. The second-order valence-corrected chi connectivity index (χ2v) is 4.08. The molecule has 1 aromatic rings. The van der Waals surface area contributed by atoms with E-state index >= 15 is 0 Å². The molecule has 0 radical (unpaired) electrons. The van der Waals surface area contributed by atoms with Crippen molar-refractivity contribution in [2.24, 2.45) is 0 Å². The van der Waals surface area contributed by atoms with Gasteiger partial charge in [0.1, 0.15) is 13.2 Å². The summed E-state index contributed by atoms with van der Waals surface area (Å²) in [6.07, 6.45) is 2.57. The van der Waals surface area contributed by atoms with Crippen LogP contribution in [0.3, 0.4) is 0 Å². The van der Waals surface area contributed by atoms with Crippen molar-refractivity contribution in [2.45, 2.75) is 19.8 Å². The van der Waals surface area contributed by atoms with E-state index in [1.54, 1.807) is 0 Å². The molecule has 0 aliphatic rings. The van der Waals surface area contributed by atoms with Gasteiger partial charge in [-0.15, -0.1) is 0 Å². The number of hydrogen-bond acceptors (Lipinski definition) is 4. The van der Waals surface area contributed by atoms with Crippen LogP contribution in [0.4, 0.5) is 10.5 Å². The number of carbonyl (C=O) groups excluding carboxylic acids is 2. The molecule has 0 spiro atoms. The maximum Gasteiger partial charge on any atom is 0.411 e. The molecule has 0 fully saturated rings. The van der Waals surface area contributed by atoms with Crippen molar-refractivity contribution in [1.29, 1.82) is 0 Å². The quantitative estimate of drug-likeness (QED) is 0.473. The van der Waals surface area contributed by atoms with Crippen LogP contribution in [0.2, 0.25) is 0 Å². The van der Waals surface area contributed by atoms with Gasteiger partial charge in [0.05, 0.1) is 0 Å². The fourth-order valence-corrected chi connectivity index (χ4v) is 1.53. The van der Waals surface area contributed by atoms with Crippen molar-refractivity contribution in [2.75, 3.05) is 18.5 Å². The molecule has 1 amide bonds. The first-order valence-electron chi connectivity index (χ1n) is 6.47. The number of amides is 1. The molecule has 108 valence electrons. The fraction of sp³-hybridized carbons (Fsp3) is 0.333. The molecule has 0 aromatic heterocycles. The average Bonchev–Trinajstić information content (AvgIpc) is 2.45. The number of anilines is 1. The lowest BCUT2D eigenvalue weighted by Gasteiger charge is -2.07. The molecule has 20 heavy (non-hydrogen) atoms. The van der Waals surface area contributed by atoms with Gasteiger partial charge < -0.3 is 9.47 Å². The van der Waals surface area contributed by atoms with Crippen molar-refractivity contribution >= 4 is 17.7 Å². The number of benzene rings is 1. The predicted octanol–water partition coefficient (Wildman–Crippen LogP) is 2.92. The molecule has 1 aromatic carbocycles. The van der Waals surface area contributed by atoms with Gasteiger partial charge in [-0.1, -0.05) is 32.1 Å². The van der Waals surface area contributed by atoms with Crippen molar-refractivity contribution in [3.8, 4) is 0 Å². The summed E-state index contributed by atoms with van der Waals surface area (Å²) in [4.78, 5) is 22.2. The average molecular weight is 277 g/mol. The molecular formula is C15H19NO4. The molecule has 0 saturated heterocycles. The molecular weight excluding hydrogens is 258 g/mol. The summed E-state index contributed by atoms with van der Waals surface area (Å²) >= 11 is 0. The summed E-state index contributed by atoms with van der Waals surface area (Å²) < 4.78 is 9.53.